The van der Waals surface area contributed by atoms with Crippen LogP contribution < -0.4 is 0 Å². The van der Waals surface area contributed by atoms with Gasteiger partial charge in [0, 0.05) is 33.0 Å². The first-order chi connectivity index (χ1) is 25.0. The number of allylic oxidation sites excluding steroid dienone is 7. The highest BCUT2D eigenvalue weighted by atomic mass is 16.1. The maximum atomic E-state index is 14.3. The Kier molecular flexibility index (Phi) is 6.19. The van der Waals surface area contributed by atoms with E-state index in [-0.39, 0.29) is 16.6 Å². The topological polar surface area (TPSA) is 34.9 Å². The zero-order valence-electron chi connectivity index (χ0n) is 30.5. The molecule has 1 atom stereocenters. The molecule has 2 heterocycles. The van der Waals surface area contributed by atoms with Crippen molar-refractivity contribution >= 4 is 55.2 Å². The lowest BCUT2D eigenvalue weighted by molar-refractivity contribution is -0.114. The molecule has 10 rings (SSSR count). The third-order valence-electron chi connectivity index (χ3n) is 11.6. The number of nitrogens with zero attached hydrogens (tertiary/aromatic N) is 2. The number of ketones is 1. The van der Waals surface area contributed by atoms with Crippen molar-refractivity contribution < 1.29 is 4.79 Å². The van der Waals surface area contributed by atoms with Crippen LogP contribution in [0.25, 0.3) is 60.8 Å². The van der Waals surface area contributed by atoms with Crippen LogP contribution in [0.2, 0.25) is 0 Å². The van der Waals surface area contributed by atoms with Crippen LogP contribution in [0.3, 0.4) is 0 Å². The Morgan fingerprint density at radius 3 is 1.87 bits per heavy atom. The average Bonchev–Trinajstić information content (AvgIpc) is 3.66. The van der Waals surface area contributed by atoms with Gasteiger partial charge in [0.05, 0.1) is 11.0 Å². The van der Waals surface area contributed by atoms with Crippen molar-refractivity contribution in [1.29, 1.82) is 0 Å². The maximum absolute atomic E-state index is 14.3. The van der Waals surface area contributed by atoms with E-state index in [0.717, 1.165) is 50.1 Å². The maximum Gasteiger partial charge on any atom is 0.186 e. The molecule has 52 heavy (non-hydrogen) atoms. The first-order valence-electron chi connectivity index (χ1n) is 18.4. The third-order valence-corrected chi connectivity index (χ3v) is 11.6. The molecule has 0 amide bonds. The molecule has 252 valence electrons. The number of carbonyl (C=O) groups is 1. The van der Waals surface area contributed by atoms with Gasteiger partial charge < -0.3 is 4.57 Å². The Bertz CT molecular complexity index is 2840. The van der Waals surface area contributed by atoms with Gasteiger partial charge in [0.1, 0.15) is 11.4 Å². The van der Waals surface area contributed by atoms with Crippen LogP contribution in [0.5, 0.6) is 0 Å². The lowest BCUT2D eigenvalue weighted by atomic mass is 9.66. The van der Waals surface area contributed by atoms with Gasteiger partial charge in [0.15, 0.2) is 5.78 Å². The predicted octanol–water partition coefficient (Wildman–Crippen LogP) is 12.1. The second-order valence-corrected chi connectivity index (χ2v) is 16.7. The number of Topliss-reactive ketones (excluding diaryl/α,β-unsaturated/α-hetero) is 1. The van der Waals surface area contributed by atoms with Gasteiger partial charge in [-0.15, -0.1) is 0 Å². The largest absolute Gasteiger partial charge is 0.304 e. The molecule has 1 aliphatic heterocycles. The molecule has 3 nitrogen and oxygen atoms in total. The summed E-state index contributed by atoms with van der Waals surface area (Å²) in [6.07, 6.45) is 8.99. The smallest absolute Gasteiger partial charge is 0.186 e. The van der Waals surface area contributed by atoms with E-state index < -0.39 is 5.54 Å². The highest BCUT2D eigenvalue weighted by molar-refractivity contribution is 6.24. The molecule has 1 spiro atoms. The third kappa shape index (κ3) is 3.97. The number of carbonyl (C=O) groups excluding carboxylic acids is 1. The zero-order valence-corrected chi connectivity index (χ0v) is 30.5. The fraction of sp³-hybridized carbons (Fsp3) is 0.184. The highest BCUT2D eigenvalue weighted by Gasteiger charge is 2.53. The van der Waals surface area contributed by atoms with Crippen LogP contribution in [0.15, 0.2) is 150 Å². The highest BCUT2D eigenvalue weighted by Crippen LogP contribution is 2.60. The van der Waals surface area contributed by atoms with Gasteiger partial charge in [-0.3, -0.25) is 4.79 Å². The Hall–Kier alpha value is -5.80. The summed E-state index contributed by atoms with van der Waals surface area (Å²) in [7, 11) is 0. The standard InChI is InChI=1S/C49H40N2O/c1-47(2,3)40-27-31(28-41(45(40)52)48(4,5)6)39-26-24-30-16-8-14-22-38(30)49(39)42-32-17-9-7-15-29(32)23-25-37(42)46-50-43-35-20-12-10-18-33(35)34-19-11-13-21-36(34)44(43)51(46)49/h7-28H,1-6H3/t49-/m0/s1. The summed E-state index contributed by atoms with van der Waals surface area (Å²) in [5, 5.41) is 7.15. The van der Waals surface area contributed by atoms with Crippen molar-refractivity contribution in [3.05, 3.63) is 166 Å². The van der Waals surface area contributed by atoms with E-state index in [1.165, 1.54) is 43.6 Å². The normalized spacial score (nSPS) is 18.4. The molecule has 0 saturated carbocycles. The van der Waals surface area contributed by atoms with E-state index in [1.807, 2.05) is 0 Å². The van der Waals surface area contributed by atoms with E-state index in [1.54, 1.807) is 0 Å². The first-order valence-corrected chi connectivity index (χ1v) is 18.4. The first kappa shape index (κ1) is 31.0. The van der Waals surface area contributed by atoms with Crippen LogP contribution in [-0.2, 0) is 10.3 Å². The number of rotatable bonds is 0. The van der Waals surface area contributed by atoms with Crippen LogP contribution in [-0.4, -0.2) is 15.3 Å². The quantitative estimate of drug-likeness (QED) is 0.150. The van der Waals surface area contributed by atoms with Crippen LogP contribution in [0, 0.1) is 10.8 Å². The minimum absolute atomic E-state index is 0.141. The van der Waals surface area contributed by atoms with Crippen molar-refractivity contribution in [2.45, 2.75) is 47.1 Å². The van der Waals surface area contributed by atoms with Crippen molar-refractivity contribution in [3.8, 4) is 11.4 Å². The van der Waals surface area contributed by atoms with Gasteiger partial charge in [-0.25, -0.2) is 4.98 Å². The molecule has 7 aromatic rings. The molecule has 0 radical (unpaired) electrons. The molecule has 0 bridgehead atoms. The van der Waals surface area contributed by atoms with E-state index in [0.29, 0.717) is 0 Å². The fourth-order valence-electron chi connectivity index (χ4n) is 9.30. The number of hydrogen-bond acceptors (Lipinski definition) is 2. The Labute approximate surface area is 304 Å². The minimum Gasteiger partial charge on any atom is -0.304 e. The van der Waals surface area contributed by atoms with Crippen LogP contribution in [0.1, 0.15) is 58.2 Å². The van der Waals surface area contributed by atoms with Gasteiger partial charge in [-0.05, 0) is 66.8 Å². The Balaban J connectivity index is 1.50. The molecule has 0 saturated heterocycles. The number of imidazole rings is 1. The monoisotopic (exact) mass is 672 g/mol. The molecule has 1 aromatic heterocycles. The van der Waals surface area contributed by atoms with E-state index in [4.69, 9.17) is 4.98 Å². The predicted molar refractivity (Wildman–Crippen MR) is 216 cm³/mol. The van der Waals surface area contributed by atoms with Crippen molar-refractivity contribution in [3.63, 3.8) is 0 Å². The molecular weight excluding hydrogens is 633 g/mol. The van der Waals surface area contributed by atoms with Gasteiger partial charge in [0.25, 0.3) is 0 Å². The minimum atomic E-state index is -0.800. The van der Waals surface area contributed by atoms with Crippen molar-refractivity contribution in [2.75, 3.05) is 0 Å². The van der Waals surface area contributed by atoms with Gasteiger partial charge in [-0.1, -0.05) is 163 Å². The summed E-state index contributed by atoms with van der Waals surface area (Å²) in [6, 6.07) is 39.7. The lowest BCUT2D eigenvalue weighted by Gasteiger charge is -2.41. The second kappa shape index (κ2) is 10.4. The summed E-state index contributed by atoms with van der Waals surface area (Å²) < 4.78 is 2.57. The van der Waals surface area contributed by atoms with E-state index >= 15 is 0 Å². The summed E-state index contributed by atoms with van der Waals surface area (Å²) >= 11 is 0. The molecule has 0 N–H and O–H groups in total. The zero-order chi connectivity index (χ0) is 35.7. The van der Waals surface area contributed by atoms with Crippen molar-refractivity contribution in [1.82, 2.24) is 9.55 Å². The average molecular weight is 673 g/mol. The molecule has 0 fully saturated rings. The SMILES string of the molecule is CC(C)(C)C1=CC(=C2C=Cc3ccccc3[C@@]23c2c(ccc4ccccc24)-c2nc4c5ccccc5c5ccccc5c4n23)C=C(C(C)(C)C)C1=O. The summed E-state index contributed by atoms with van der Waals surface area (Å²) in [4.78, 5) is 20.0. The van der Waals surface area contributed by atoms with E-state index in [2.05, 4.69) is 180 Å². The Morgan fingerprint density at radius 1 is 0.596 bits per heavy atom. The Morgan fingerprint density at radius 2 is 1.17 bits per heavy atom. The number of fused-ring (bicyclic) bond motifs is 16. The van der Waals surface area contributed by atoms with Gasteiger partial charge in [-0.2, -0.15) is 0 Å². The summed E-state index contributed by atoms with van der Waals surface area (Å²) in [5.41, 5.74) is 9.30. The number of aromatic nitrogens is 2. The van der Waals surface area contributed by atoms with Crippen molar-refractivity contribution in [2.24, 2.45) is 10.8 Å². The lowest BCUT2D eigenvalue weighted by Crippen LogP contribution is -2.39. The van der Waals surface area contributed by atoms with Crippen LogP contribution in [0.4, 0.5) is 0 Å². The number of benzene rings is 6. The van der Waals surface area contributed by atoms with Gasteiger partial charge in [0.2, 0.25) is 0 Å². The fourth-order valence-corrected chi connectivity index (χ4v) is 9.30. The molecular formula is C49H40N2O. The number of hydrogen-bond donors (Lipinski definition) is 0. The molecule has 0 unspecified atom stereocenters. The van der Waals surface area contributed by atoms with Crippen LogP contribution >= 0.6 is 0 Å². The summed E-state index contributed by atoms with van der Waals surface area (Å²) in [6.45, 7) is 12.9. The van der Waals surface area contributed by atoms with E-state index in [9.17, 15) is 4.79 Å². The second-order valence-electron chi connectivity index (χ2n) is 16.7. The molecule has 3 heteroatoms. The van der Waals surface area contributed by atoms with Gasteiger partial charge >= 0.3 is 0 Å². The molecule has 2 aliphatic carbocycles. The molecule has 3 aliphatic rings. The molecule has 6 aromatic carbocycles. The summed E-state index contributed by atoms with van der Waals surface area (Å²) in [5.74, 6) is 1.11.